The SMILES string of the molecule is CCC(O)CCCN(CCCC(O)CC)CCCC(O)CC. The molecule has 0 saturated heterocycles. The zero-order valence-corrected chi connectivity index (χ0v) is 15.0. The van der Waals surface area contributed by atoms with Crippen LogP contribution in [0.15, 0.2) is 0 Å². The minimum absolute atomic E-state index is 0.175. The summed E-state index contributed by atoms with van der Waals surface area (Å²) in [6.45, 7) is 9.05. The lowest BCUT2D eigenvalue weighted by Gasteiger charge is -2.24. The molecule has 0 radical (unpaired) electrons. The van der Waals surface area contributed by atoms with E-state index in [1.807, 2.05) is 20.8 Å². The Balaban J connectivity index is 4.01. The van der Waals surface area contributed by atoms with E-state index in [0.29, 0.717) is 0 Å². The molecule has 3 N–H and O–H groups in total. The van der Waals surface area contributed by atoms with Crippen LogP contribution in [-0.4, -0.2) is 58.2 Å². The third-order valence-corrected chi connectivity index (χ3v) is 4.45. The van der Waals surface area contributed by atoms with Crippen molar-refractivity contribution in [2.45, 2.75) is 96.9 Å². The highest BCUT2D eigenvalue weighted by molar-refractivity contribution is 4.64. The molecule has 0 heterocycles. The number of hydrogen-bond donors (Lipinski definition) is 3. The number of aliphatic hydroxyl groups excluding tert-OH is 3. The quantitative estimate of drug-likeness (QED) is 0.434. The first-order valence-corrected chi connectivity index (χ1v) is 9.29. The summed E-state index contributed by atoms with van der Waals surface area (Å²) in [6, 6.07) is 0. The highest BCUT2D eigenvalue weighted by Crippen LogP contribution is 2.09. The summed E-state index contributed by atoms with van der Waals surface area (Å²) in [4.78, 5) is 2.42. The predicted octanol–water partition coefficient (Wildman–Crippen LogP) is 2.94. The Morgan fingerprint density at radius 1 is 0.591 bits per heavy atom. The first-order valence-electron chi connectivity index (χ1n) is 9.29. The molecule has 0 bridgehead atoms. The van der Waals surface area contributed by atoms with Gasteiger partial charge in [0.1, 0.15) is 0 Å². The van der Waals surface area contributed by atoms with Crippen molar-refractivity contribution in [1.82, 2.24) is 4.90 Å². The molecule has 3 unspecified atom stereocenters. The average molecular weight is 318 g/mol. The number of nitrogens with zero attached hydrogens (tertiary/aromatic N) is 1. The average Bonchev–Trinajstić information content (AvgIpc) is 2.53. The van der Waals surface area contributed by atoms with Crippen molar-refractivity contribution in [3.05, 3.63) is 0 Å². The summed E-state index contributed by atoms with van der Waals surface area (Å²) in [5.74, 6) is 0. The van der Waals surface area contributed by atoms with Gasteiger partial charge in [-0.3, -0.25) is 0 Å². The van der Waals surface area contributed by atoms with Gasteiger partial charge >= 0.3 is 0 Å². The molecule has 0 aromatic rings. The van der Waals surface area contributed by atoms with Crippen LogP contribution in [0.5, 0.6) is 0 Å². The summed E-state index contributed by atoms with van der Waals surface area (Å²) < 4.78 is 0. The maximum absolute atomic E-state index is 9.65. The van der Waals surface area contributed by atoms with Gasteiger partial charge in [0.05, 0.1) is 18.3 Å². The standard InChI is InChI=1S/C18H39NO3/c1-4-16(20)10-7-13-19(14-8-11-17(21)5-2)15-9-12-18(22)6-3/h16-18,20-22H,4-15H2,1-3H3. The Hall–Kier alpha value is -0.160. The molecular weight excluding hydrogens is 278 g/mol. The van der Waals surface area contributed by atoms with E-state index in [2.05, 4.69) is 4.90 Å². The molecule has 134 valence electrons. The summed E-state index contributed by atoms with van der Waals surface area (Å²) >= 11 is 0. The van der Waals surface area contributed by atoms with Gasteiger partial charge < -0.3 is 20.2 Å². The second kappa shape index (κ2) is 14.4. The fraction of sp³-hybridized carbons (Fsp3) is 1.00. The van der Waals surface area contributed by atoms with Gasteiger partial charge in [-0.05, 0) is 77.4 Å². The first-order chi connectivity index (χ1) is 10.5. The van der Waals surface area contributed by atoms with E-state index in [-0.39, 0.29) is 18.3 Å². The number of aliphatic hydroxyl groups is 3. The summed E-state index contributed by atoms with van der Waals surface area (Å²) in [6.07, 6.45) is 7.58. The normalized spacial score (nSPS) is 16.0. The maximum atomic E-state index is 9.65. The second-order valence-electron chi connectivity index (χ2n) is 6.45. The molecule has 0 aromatic heterocycles. The van der Waals surface area contributed by atoms with Crippen LogP contribution in [0.25, 0.3) is 0 Å². The van der Waals surface area contributed by atoms with Crippen LogP contribution in [0.2, 0.25) is 0 Å². The van der Waals surface area contributed by atoms with Crippen LogP contribution in [0, 0.1) is 0 Å². The van der Waals surface area contributed by atoms with E-state index in [4.69, 9.17) is 0 Å². The molecule has 0 saturated carbocycles. The van der Waals surface area contributed by atoms with Crippen LogP contribution >= 0.6 is 0 Å². The van der Waals surface area contributed by atoms with Gasteiger partial charge in [0.2, 0.25) is 0 Å². The van der Waals surface area contributed by atoms with E-state index in [9.17, 15) is 15.3 Å². The Kier molecular flexibility index (Phi) is 14.3. The van der Waals surface area contributed by atoms with Gasteiger partial charge in [-0.25, -0.2) is 0 Å². The van der Waals surface area contributed by atoms with Gasteiger partial charge in [0.15, 0.2) is 0 Å². The fourth-order valence-corrected chi connectivity index (χ4v) is 2.60. The van der Waals surface area contributed by atoms with Crippen molar-refractivity contribution in [2.75, 3.05) is 19.6 Å². The lowest BCUT2D eigenvalue weighted by atomic mass is 10.1. The molecule has 0 aliphatic heterocycles. The van der Waals surface area contributed by atoms with Crippen molar-refractivity contribution in [3.63, 3.8) is 0 Å². The molecule has 22 heavy (non-hydrogen) atoms. The van der Waals surface area contributed by atoms with Crippen LogP contribution < -0.4 is 0 Å². The van der Waals surface area contributed by atoms with Crippen LogP contribution in [0.4, 0.5) is 0 Å². The zero-order chi connectivity index (χ0) is 16.8. The summed E-state index contributed by atoms with van der Waals surface area (Å²) in [7, 11) is 0. The van der Waals surface area contributed by atoms with E-state index < -0.39 is 0 Å². The summed E-state index contributed by atoms with van der Waals surface area (Å²) in [5, 5.41) is 28.9. The molecule has 0 spiro atoms. The predicted molar refractivity (Wildman–Crippen MR) is 93.0 cm³/mol. The van der Waals surface area contributed by atoms with Crippen molar-refractivity contribution in [1.29, 1.82) is 0 Å². The van der Waals surface area contributed by atoms with Crippen LogP contribution in [0.3, 0.4) is 0 Å². The lowest BCUT2D eigenvalue weighted by molar-refractivity contribution is 0.132. The Bertz CT molecular complexity index is 200. The second-order valence-corrected chi connectivity index (χ2v) is 6.45. The van der Waals surface area contributed by atoms with Crippen molar-refractivity contribution >= 4 is 0 Å². The minimum atomic E-state index is -0.175. The highest BCUT2D eigenvalue weighted by atomic mass is 16.3. The van der Waals surface area contributed by atoms with E-state index in [1.165, 1.54) is 0 Å². The van der Waals surface area contributed by atoms with Gasteiger partial charge in [0, 0.05) is 0 Å². The van der Waals surface area contributed by atoms with E-state index in [0.717, 1.165) is 77.4 Å². The van der Waals surface area contributed by atoms with E-state index in [1.54, 1.807) is 0 Å². The van der Waals surface area contributed by atoms with Gasteiger partial charge in [-0.2, -0.15) is 0 Å². The largest absolute Gasteiger partial charge is 0.393 e. The molecule has 4 heteroatoms. The molecule has 0 aliphatic carbocycles. The van der Waals surface area contributed by atoms with Crippen LogP contribution in [0.1, 0.15) is 78.6 Å². The minimum Gasteiger partial charge on any atom is -0.393 e. The van der Waals surface area contributed by atoms with Gasteiger partial charge in [-0.15, -0.1) is 0 Å². The Labute approximate surface area is 137 Å². The fourth-order valence-electron chi connectivity index (χ4n) is 2.60. The third-order valence-electron chi connectivity index (χ3n) is 4.45. The summed E-state index contributed by atoms with van der Waals surface area (Å²) in [5.41, 5.74) is 0. The monoisotopic (exact) mass is 317 g/mol. The maximum Gasteiger partial charge on any atom is 0.0538 e. The molecule has 0 aliphatic rings. The third kappa shape index (κ3) is 12.4. The number of rotatable bonds is 15. The molecule has 0 fully saturated rings. The van der Waals surface area contributed by atoms with Gasteiger partial charge in [0.25, 0.3) is 0 Å². The smallest absolute Gasteiger partial charge is 0.0538 e. The Morgan fingerprint density at radius 3 is 1.09 bits per heavy atom. The van der Waals surface area contributed by atoms with Crippen molar-refractivity contribution < 1.29 is 15.3 Å². The molecule has 4 nitrogen and oxygen atoms in total. The topological polar surface area (TPSA) is 63.9 Å². The zero-order valence-electron chi connectivity index (χ0n) is 15.0. The molecule has 0 aromatic carbocycles. The Morgan fingerprint density at radius 2 is 0.864 bits per heavy atom. The first kappa shape index (κ1) is 21.8. The van der Waals surface area contributed by atoms with Crippen LogP contribution in [-0.2, 0) is 0 Å². The van der Waals surface area contributed by atoms with Gasteiger partial charge in [-0.1, -0.05) is 20.8 Å². The van der Waals surface area contributed by atoms with E-state index >= 15 is 0 Å². The highest BCUT2D eigenvalue weighted by Gasteiger charge is 2.09. The molecule has 3 atom stereocenters. The number of hydrogen-bond acceptors (Lipinski definition) is 4. The molecular formula is C18H39NO3. The lowest BCUT2D eigenvalue weighted by Crippen LogP contribution is -2.29. The van der Waals surface area contributed by atoms with Crippen molar-refractivity contribution in [3.8, 4) is 0 Å². The molecule has 0 rings (SSSR count). The molecule has 0 amide bonds. The van der Waals surface area contributed by atoms with Crippen molar-refractivity contribution in [2.24, 2.45) is 0 Å².